The van der Waals surface area contributed by atoms with E-state index in [1.165, 1.54) is 18.6 Å². The maximum Gasteiger partial charge on any atom is 0.293 e. The van der Waals surface area contributed by atoms with Gasteiger partial charge in [-0.3, -0.25) is 4.79 Å². The molecule has 1 heterocycles. The minimum Gasteiger partial charge on any atom is -0.284 e. The molecular weight excluding hydrogens is 132 g/mol. The summed E-state index contributed by atoms with van der Waals surface area (Å²) in [5, 5.41) is 0. The van der Waals surface area contributed by atoms with E-state index in [1.54, 1.807) is 0 Å². The summed E-state index contributed by atoms with van der Waals surface area (Å²) in [7, 11) is 0. The van der Waals surface area contributed by atoms with Crippen LogP contribution < -0.4 is 0 Å². The minimum absolute atomic E-state index is 0.710. The van der Waals surface area contributed by atoms with Gasteiger partial charge in [-0.2, -0.15) is 11.8 Å². The Hall–Kier alpha value is 0.0200. The summed E-state index contributed by atoms with van der Waals surface area (Å²) >= 11 is 1.95. The van der Waals surface area contributed by atoms with E-state index >= 15 is 0 Å². The highest BCUT2D eigenvalue weighted by Crippen LogP contribution is 2.13. The number of carbonyl (C=O) groups excluding carboxylic acids is 1. The van der Waals surface area contributed by atoms with E-state index in [0.717, 1.165) is 18.6 Å². The second-order valence-electron chi connectivity index (χ2n) is 2.39. The molecule has 0 amide bonds. The molecule has 0 aromatic heterocycles. The van der Waals surface area contributed by atoms with Crippen LogP contribution in [0.3, 0.4) is 0 Å². The number of hydrogen-bond donors (Lipinski definition) is 0. The van der Waals surface area contributed by atoms with Crippen molar-refractivity contribution in [1.82, 2.24) is 0 Å². The number of rotatable bonds is 0. The van der Waals surface area contributed by atoms with Crippen molar-refractivity contribution in [3.63, 3.8) is 0 Å². The largest absolute Gasteiger partial charge is 0.293 e. The summed E-state index contributed by atoms with van der Waals surface area (Å²) in [5.41, 5.74) is 0. The Morgan fingerprint density at radius 2 is 2.00 bits per heavy atom. The summed E-state index contributed by atoms with van der Waals surface area (Å²) < 4.78 is 0. The van der Waals surface area contributed by atoms with Gasteiger partial charge in [-0.15, -0.1) is 0 Å². The highest BCUT2D eigenvalue weighted by Gasteiger charge is 2.10. The van der Waals surface area contributed by atoms with E-state index in [9.17, 15) is 0 Å². The van der Waals surface area contributed by atoms with Crippen molar-refractivity contribution in [1.29, 1.82) is 0 Å². The SMILES string of the molecule is [OH+]=C1CCCCSCC1. The van der Waals surface area contributed by atoms with E-state index in [0.29, 0.717) is 5.78 Å². The first-order valence-corrected chi connectivity index (χ1v) is 4.66. The molecule has 0 unspecified atom stereocenters. The molecule has 0 spiro atoms. The molecule has 0 atom stereocenters. The van der Waals surface area contributed by atoms with E-state index in [2.05, 4.69) is 0 Å². The second-order valence-corrected chi connectivity index (χ2v) is 3.61. The highest BCUT2D eigenvalue weighted by atomic mass is 32.2. The fourth-order valence-corrected chi connectivity index (χ4v) is 1.94. The third-order valence-corrected chi connectivity index (χ3v) is 2.61. The summed E-state index contributed by atoms with van der Waals surface area (Å²) in [6, 6.07) is 0. The predicted octanol–water partition coefficient (Wildman–Crippen LogP) is 1.84. The molecule has 9 heavy (non-hydrogen) atoms. The lowest BCUT2D eigenvalue weighted by Gasteiger charge is -2.02. The van der Waals surface area contributed by atoms with Crippen LogP contribution >= 0.6 is 11.8 Å². The predicted molar refractivity (Wildman–Crippen MR) is 42.7 cm³/mol. The zero-order chi connectivity index (χ0) is 6.53. The molecule has 0 bridgehead atoms. The summed E-state index contributed by atoms with van der Waals surface area (Å²) in [5.74, 6) is 3.11. The number of ketones is 1. The number of hydrogen-bond acceptors (Lipinski definition) is 1. The van der Waals surface area contributed by atoms with Crippen molar-refractivity contribution < 1.29 is 4.79 Å². The number of thioether (sulfide) groups is 1. The first-order chi connectivity index (χ1) is 4.39. The smallest absolute Gasteiger partial charge is 0.284 e. The van der Waals surface area contributed by atoms with Crippen LogP contribution in [-0.2, 0) is 0 Å². The van der Waals surface area contributed by atoms with Crippen molar-refractivity contribution >= 4 is 17.5 Å². The van der Waals surface area contributed by atoms with Crippen LogP contribution in [0.1, 0.15) is 25.7 Å². The average molecular weight is 145 g/mol. The van der Waals surface area contributed by atoms with E-state index in [-0.39, 0.29) is 0 Å². The Kier molecular flexibility index (Phi) is 3.12. The Balaban J connectivity index is 2.20. The molecule has 1 fully saturated rings. The van der Waals surface area contributed by atoms with Crippen LogP contribution in [0.4, 0.5) is 0 Å². The van der Waals surface area contributed by atoms with Gasteiger partial charge >= 0.3 is 0 Å². The van der Waals surface area contributed by atoms with Crippen molar-refractivity contribution in [2.75, 3.05) is 11.5 Å². The Morgan fingerprint density at radius 3 is 2.89 bits per heavy atom. The maximum absolute atomic E-state index is 9.12. The van der Waals surface area contributed by atoms with E-state index < -0.39 is 0 Å². The highest BCUT2D eigenvalue weighted by molar-refractivity contribution is 7.99. The zero-order valence-electron chi connectivity index (χ0n) is 5.60. The summed E-state index contributed by atoms with van der Waals surface area (Å²) in [6.45, 7) is 0. The molecule has 1 aliphatic rings. The van der Waals surface area contributed by atoms with Gasteiger partial charge in [0.15, 0.2) is 0 Å². The monoisotopic (exact) mass is 145 g/mol. The fourth-order valence-electron chi connectivity index (χ4n) is 0.950. The lowest BCUT2D eigenvalue weighted by Crippen LogP contribution is -2.03. The third-order valence-electron chi connectivity index (χ3n) is 1.54. The zero-order valence-corrected chi connectivity index (χ0v) is 6.41. The third kappa shape index (κ3) is 2.89. The lowest BCUT2D eigenvalue weighted by molar-refractivity contribution is 0.632. The molecule has 0 aromatic rings. The Labute approximate surface area is 60.2 Å². The van der Waals surface area contributed by atoms with Crippen LogP contribution in [0, 0.1) is 0 Å². The summed E-state index contributed by atoms with van der Waals surface area (Å²) in [4.78, 5) is 9.12. The van der Waals surface area contributed by atoms with Gasteiger partial charge in [-0.05, 0) is 18.6 Å². The van der Waals surface area contributed by atoms with Gasteiger partial charge < -0.3 is 0 Å². The molecular formula is C7H13OS+. The topological polar surface area (TPSA) is 21.4 Å². The van der Waals surface area contributed by atoms with Gasteiger partial charge in [-0.1, -0.05) is 0 Å². The first kappa shape index (κ1) is 7.13. The van der Waals surface area contributed by atoms with E-state index in [1.807, 2.05) is 11.8 Å². The van der Waals surface area contributed by atoms with Crippen molar-refractivity contribution in [2.45, 2.75) is 25.7 Å². The average Bonchev–Trinajstić information content (AvgIpc) is 1.79. The van der Waals surface area contributed by atoms with Crippen molar-refractivity contribution in [3.8, 4) is 0 Å². The van der Waals surface area contributed by atoms with Crippen molar-refractivity contribution in [2.24, 2.45) is 0 Å². The Bertz CT molecular complexity index is 91.1. The first-order valence-electron chi connectivity index (χ1n) is 3.51. The molecule has 1 rings (SSSR count). The minimum atomic E-state index is 0.710. The van der Waals surface area contributed by atoms with Gasteiger partial charge in [0, 0.05) is 5.75 Å². The Morgan fingerprint density at radius 1 is 1.11 bits per heavy atom. The van der Waals surface area contributed by atoms with Crippen LogP contribution in [0.15, 0.2) is 0 Å². The molecule has 0 aromatic carbocycles. The van der Waals surface area contributed by atoms with E-state index in [4.69, 9.17) is 4.79 Å². The molecule has 0 radical (unpaired) electrons. The van der Waals surface area contributed by atoms with Crippen LogP contribution in [0.5, 0.6) is 0 Å². The normalized spacial score (nSPS) is 22.9. The van der Waals surface area contributed by atoms with Gasteiger partial charge in [0.25, 0.3) is 5.78 Å². The lowest BCUT2D eigenvalue weighted by atomic mass is 10.1. The van der Waals surface area contributed by atoms with Gasteiger partial charge in [-0.25, -0.2) is 0 Å². The molecule has 1 saturated heterocycles. The van der Waals surface area contributed by atoms with Gasteiger partial charge in [0.1, 0.15) is 0 Å². The van der Waals surface area contributed by atoms with Crippen LogP contribution in [0.25, 0.3) is 0 Å². The molecule has 1 aliphatic heterocycles. The van der Waals surface area contributed by atoms with Gasteiger partial charge in [0.05, 0.1) is 12.8 Å². The summed E-state index contributed by atoms with van der Waals surface area (Å²) in [6.07, 6.45) is 4.32. The molecule has 52 valence electrons. The molecule has 2 heteroatoms. The van der Waals surface area contributed by atoms with Gasteiger partial charge in [0.2, 0.25) is 0 Å². The quantitative estimate of drug-likeness (QED) is 0.476. The molecule has 0 saturated carbocycles. The second kappa shape index (κ2) is 3.94. The van der Waals surface area contributed by atoms with Crippen LogP contribution in [-0.4, -0.2) is 22.1 Å². The fraction of sp³-hybridized carbons (Fsp3) is 0.857. The molecule has 0 aliphatic carbocycles. The van der Waals surface area contributed by atoms with Crippen molar-refractivity contribution in [3.05, 3.63) is 0 Å². The molecule has 1 N–H and O–H groups in total. The maximum atomic E-state index is 9.12. The standard InChI is InChI=1S/C7H12OS/c8-7-3-1-2-5-9-6-4-7/h1-6H2/p+1. The van der Waals surface area contributed by atoms with Crippen LogP contribution in [0.2, 0.25) is 0 Å². The molecule has 1 nitrogen and oxygen atoms in total.